The van der Waals surface area contributed by atoms with Gasteiger partial charge in [-0.25, -0.2) is 0 Å². The Kier molecular flexibility index (Phi) is 7.47. The number of nitrogens with one attached hydrogen (secondary N) is 1. The van der Waals surface area contributed by atoms with Crippen LogP contribution in [0.4, 0.5) is 0 Å². The van der Waals surface area contributed by atoms with Gasteiger partial charge in [-0.15, -0.1) is 0 Å². The fraction of sp³-hybridized carbons (Fsp3) is 0.889. The first-order valence-electron chi connectivity index (χ1n) is 4.43. The molecule has 2 heteroatoms. The van der Waals surface area contributed by atoms with Gasteiger partial charge in [0.1, 0.15) is 6.29 Å². The van der Waals surface area contributed by atoms with Crippen LogP contribution in [-0.4, -0.2) is 19.4 Å². The zero-order valence-electron chi connectivity index (χ0n) is 7.60. The van der Waals surface area contributed by atoms with E-state index in [9.17, 15) is 4.79 Å². The molecule has 1 N–H and O–H groups in total. The van der Waals surface area contributed by atoms with Crippen LogP contribution < -0.4 is 5.32 Å². The Labute approximate surface area is 69.4 Å². The standard InChI is InChI=1S/C5H11N.C4H8O/c1-2-4-6-5-3-1;1-4(2)3-5/h6H,1-5H2;3-4H,1-2H3. The van der Waals surface area contributed by atoms with Crippen LogP contribution in [0.15, 0.2) is 0 Å². The molecule has 0 aromatic rings. The molecule has 1 aliphatic heterocycles. The van der Waals surface area contributed by atoms with Crippen molar-refractivity contribution in [1.82, 2.24) is 5.32 Å². The number of piperidine rings is 1. The average molecular weight is 157 g/mol. The zero-order valence-corrected chi connectivity index (χ0v) is 7.60. The number of carbonyl (C=O) groups excluding carboxylic acids is 1. The molecule has 2 nitrogen and oxygen atoms in total. The van der Waals surface area contributed by atoms with Crippen molar-refractivity contribution in [1.29, 1.82) is 0 Å². The van der Waals surface area contributed by atoms with E-state index in [-0.39, 0.29) is 5.92 Å². The lowest BCUT2D eigenvalue weighted by molar-refractivity contribution is -0.110. The summed E-state index contributed by atoms with van der Waals surface area (Å²) >= 11 is 0. The molecular weight excluding hydrogens is 138 g/mol. The molecule has 0 amide bonds. The van der Waals surface area contributed by atoms with Gasteiger partial charge in [-0.3, -0.25) is 0 Å². The smallest absolute Gasteiger partial charge is 0.122 e. The van der Waals surface area contributed by atoms with Crippen molar-refractivity contribution in [3.05, 3.63) is 0 Å². The minimum Gasteiger partial charge on any atom is -0.317 e. The second-order valence-electron chi connectivity index (χ2n) is 3.19. The van der Waals surface area contributed by atoms with E-state index >= 15 is 0 Å². The maximum Gasteiger partial charge on any atom is 0.122 e. The maximum atomic E-state index is 9.50. The molecule has 0 radical (unpaired) electrons. The fourth-order valence-corrected chi connectivity index (χ4v) is 0.802. The van der Waals surface area contributed by atoms with E-state index in [2.05, 4.69) is 5.32 Å². The second-order valence-corrected chi connectivity index (χ2v) is 3.19. The largest absolute Gasteiger partial charge is 0.317 e. The summed E-state index contributed by atoms with van der Waals surface area (Å²) in [5.74, 6) is 0.204. The van der Waals surface area contributed by atoms with Crippen LogP contribution in [0.2, 0.25) is 0 Å². The summed E-state index contributed by atoms with van der Waals surface area (Å²) in [6, 6.07) is 0. The van der Waals surface area contributed by atoms with Gasteiger partial charge in [0.05, 0.1) is 0 Å². The molecule has 0 saturated carbocycles. The summed E-state index contributed by atoms with van der Waals surface area (Å²) in [4.78, 5) is 9.50. The zero-order chi connectivity index (χ0) is 8.53. The van der Waals surface area contributed by atoms with Gasteiger partial charge in [-0.2, -0.15) is 0 Å². The summed E-state index contributed by atoms with van der Waals surface area (Å²) in [5.41, 5.74) is 0. The van der Waals surface area contributed by atoms with Crippen LogP contribution in [-0.2, 0) is 4.79 Å². The Morgan fingerprint density at radius 1 is 1.18 bits per heavy atom. The molecule has 0 atom stereocenters. The minimum atomic E-state index is 0.204. The second kappa shape index (κ2) is 7.73. The van der Waals surface area contributed by atoms with Gasteiger partial charge >= 0.3 is 0 Å². The van der Waals surface area contributed by atoms with Gasteiger partial charge in [-0.05, 0) is 25.9 Å². The molecule has 0 spiro atoms. The number of aldehydes is 1. The predicted octanol–water partition coefficient (Wildman–Crippen LogP) is 1.60. The molecule has 0 bridgehead atoms. The maximum absolute atomic E-state index is 9.50. The van der Waals surface area contributed by atoms with Crippen LogP contribution in [0.25, 0.3) is 0 Å². The molecule has 1 heterocycles. The summed E-state index contributed by atoms with van der Waals surface area (Å²) < 4.78 is 0. The highest BCUT2D eigenvalue weighted by atomic mass is 16.1. The topological polar surface area (TPSA) is 29.1 Å². The molecule has 66 valence electrons. The van der Waals surface area contributed by atoms with Gasteiger partial charge in [0.15, 0.2) is 0 Å². The summed E-state index contributed by atoms with van der Waals surface area (Å²) in [5, 5.41) is 3.28. The monoisotopic (exact) mass is 157 g/mol. The van der Waals surface area contributed by atoms with E-state index in [1.807, 2.05) is 13.8 Å². The van der Waals surface area contributed by atoms with E-state index in [1.165, 1.54) is 32.4 Å². The first kappa shape index (κ1) is 10.6. The van der Waals surface area contributed by atoms with E-state index in [4.69, 9.17) is 0 Å². The highest BCUT2D eigenvalue weighted by molar-refractivity contribution is 5.51. The van der Waals surface area contributed by atoms with Crippen LogP contribution >= 0.6 is 0 Å². The van der Waals surface area contributed by atoms with Crippen molar-refractivity contribution < 1.29 is 4.79 Å². The van der Waals surface area contributed by atoms with E-state index in [1.54, 1.807) is 0 Å². The molecule has 0 aliphatic carbocycles. The number of hydrogen-bond acceptors (Lipinski definition) is 2. The van der Waals surface area contributed by atoms with Gasteiger partial charge < -0.3 is 10.1 Å². The van der Waals surface area contributed by atoms with Crippen LogP contribution in [0.3, 0.4) is 0 Å². The molecule has 0 aromatic heterocycles. The normalized spacial score (nSPS) is 17.0. The highest BCUT2D eigenvalue weighted by Gasteiger charge is 1.93. The Morgan fingerprint density at radius 2 is 1.64 bits per heavy atom. The van der Waals surface area contributed by atoms with Crippen LogP contribution in [0.1, 0.15) is 33.1 Å². The van der Waals surface area contributed by atoms with E-state index < -0.39 is 0 Å². The molecule has 1 rings (SSSR count). The Bertz CT molecular complexity index is 76.1. The summed E-state index contributed by atoms with van der Waals surface area (Å²) in [7, 11) is 0. The Hall–Kier alpha value is -0.370. The lowest BCUT2D eigenvalue weighted by Crippen LogP contribution is -2.21. The Balaban J connectivity index is 0.000000187. The van der Waals surface area contributed by atoms with Gasteiger partial charge in [-0.1, -0.05) is 20.3 Å². The molecule has 1 aliphatic rings. The van der Waals surface area contributed by atoms with Gasteiger partial charge in [0.25, 0.3) is 0 Å². The van der Waals surface area contributed by atoms with Crippen molar-refractivity contribution in [2.24, 2.45) is 5.92 Å². The number of rotatable bonds is 1. The minimum absolute atomic E-state index is 0.204. The highest BCUT2D eigenvalue weighted by Crippen LogP contribution is 1.96. The van der Waals surface area contributed by atoms with E-state index in [0.717, 1.165) is 6.29 Å². The van der Waals surface area contributed by atoms with Gasteiger partial charge in [0, 0.05) is 5.92 Å². The van der Waals surface area contributed by atoms with Crippen molar-refractivity contribution >= 4 is 6.29 Å². The fourth-order valence-electron chi connectivity index (χ4n) is 0.802. The first-order chi connectivity index (χ1) is 5.27. The van der Waals surface area contributed by atoms with Crippen LogP contribution in [0.5, 0.6) is 0 Å². The van der Waals surface area contributed by atoms with Crippen molar-refractivity contribution in [3.8, 4) is 0 Å². The third-order valence-corrected chi connectivity index (χ3v) is 1.48. The molecular formula is C9H19NO. The quantitative estimate of drug-likeness (QED) is 0.586. The van der Waals surface area contributed by atoms with Crippen LogP contribution in [0, 0.1) is 5.92 Å². The summed E-state index contributed by atoms with van der Waals surface area (Å²) in [6.07, 6.45) is 5.13. The summed E-state index contributed by atoms with van der Waals surface area (Å²) in [6.45, 7) is 6.21. The molecule has 0 unspecified atom stereocenters. The lowest BCUT2D eigenvalue weighted by Gasteiger charge is -2.08. The lowest BCUT2D eigenvalue weighted by atomic mass is 10.2. The number of hydrogen-bond donors (Lipinski definition) is 1. The molecule has 0 aromatic carbocycles. The molecule has 11 heavy (non-hydrogen) atoms. The van der Waals surface area contributed by atoms with E-state index in [0.29, 0.717) is 0 Å². The first-order valence-corrected chi connectivity index (χ1v) is 4.43. The predicted molar refractivity (Wildman–Crippen MR) is 47.6 cm³/mol. The van der Waals surface area contributed by atoms with Crippen molar-refractivity contribution in [2.45, 2.75) is 33.1 Å². The van der Waals surface area contributed by atoms with Crippen molar-refractivity contribution in [3.63, 3.8) is 0 Å². The Morgan fingerprint density at radius 3 is 1.73 bits per heavy atom. The third-order valence-electron chi connectivity index (χ3n) is 1.48. The molecule has 1 fully saturated rings. The molecule has 1 saturated heterocycles. The average Bonchev–Trinajstić information content (AvgIpc) is 2.09. The van der Waals surface area contributed by atoms with Crippen molar-refractivity contribution in [2.75, 3.05) is 13.1 Å². The third kappa shape index (κ3) is 9.63. The number of carbonyl (C=O) groups is 1. The SMILES string of the molecule is C1CCNCC1.CC(C)C=O. The van der Waals surface area contributed by atoms with Gasteiger partial charge in [0.2, 0.25) is 0 Å².